The van der Waals surface area contributed by atoms with Gasteiger partial charge in [-0.3, -0.25) is 9.78 Å². The van der Waals surface area contributed by atoms with Gasteiger partial charge in [-0.1, -0.05) is 23.9 Å². The van der Waals surface area contributed by atoms with Crippen LogP contribution in [-0.4, -0.2) is 30.9 Å². The molecule has 1 amide bonds. The van der Waals surface area contributed by atoms with Crippen molar-refractivity contribution in [3.63, 3.8) is 0 Å². The molecule has 0 fully saturated rings. The Morgan fingerprint density at radius 1 is 1.33 bits per heavy atom. The molecule has 136 valence electrons. The molecule has 1 unspecified atom stereocenters. The molecule has 1 N–H and O–H groups in total. The van der Waals surface area contributed by atoms with Crippen LogP contribution in [0.4, 0.5) is 5.69 Å². The first-order valence-electron chi connectivity index (χ1n) is 8.41. The molecule has 0 radical (unpaired) electrons. The third-order valence-corrected chi connectivity index (χ3v) is 4.92. The van der Waals surface area contributed by atoms with Crippen LogP contribution in [0.15, 0.2) is 60.1 Å². The fraction of sp³-hybridized carbons (Fsp3) is 0.211. The van der Waals surface area contributed by atoms with E-state index >= 15 is 0 Å². The van der Waals surface area contributed by atoms with Crippen molar-refractivity contribution < 1.29 is 4.79 Å². The molecule has 0 aliphatic heterocycles. The fourth-order valence-corrected chi connectivity index (χ4v) is 3.24. The van der Waals surface area contributed by atoms with Crippen molar-refractivity contribution in [3.8, 4) is 6.07 Å². The first-order chi connectivity index (χ1) is 13.2. The highest BCUT2D eigenvalue weighted by Gasteiger charge is 2.18. The maximum absolute atomic E-state index is 12.4. The number of carbonyl (C=O) groups excluding carboxylic acids is 1. The molecule has 3 rings (SSSR count). The van der Waals surface area contributed by atoms with Crippen molar-refractivity contribution in [1.29, 1.82) is 5.26 Å². The van der Waals surface area contributed by atoms with Crippen molar-refractivity contribution in [2.24, 2.45) is 0 Å². The number of aryl methyl sites for hydroxylation is 2. The normalized spacial score (nSPS) is 11.6. The zero-order valence-electron chi connectivity index (χ0n) is 14.7. The Hall–Kier alpha value is -3.18. The molecule has 0 spiro atoms. The summed E-state index contributed by atoms with van der Waals surface area (Å²) in [7, 11) is 0. The van der Waals surface area contributed by atoms with Gasteiger partial charge in [0, 0.05) is 30.5 Å². The van der Waals surface area contributed by atoms with Crippen LogP contribution >= 0.6 is 11.8 Å². The van der Waals surface area contributed by atoms with Gasteiger partial charge >= 0.3 is 0 Å². The molecule has 0 saturated carbocycles. The smallest absolute Gasteiger partial charge is 0.237 e. The second-order valence-corrected chi connectivity index (χ2v) is 7.13. The van der Waals surface area contributed by atoms with E-state index in [4.69, 9.17) is 5.26 Å². The van der Waals surface area contributed by atoms with Gasteiger partial charge in [-0.2, -0.15) is 5.26 Å². The fourth-order valence-electron chi connectivity index (χ4n) is 2.39. The predicted octanol–water partition coefficient (Wildman–Crippen LogP) is 2.91. The molecular weight excluding hydrogens is 360 g/mol. The van der Waals surface area contributed by atoms with Crippen molar-refractivity contribution in [1.82, 2.24) is 19.7 Å². The Bertz CT molecular complexity index is 950. The Balaban J connectivity index is 1.59. The summed E-state index contributed by atoms with van der Waals surface area (Å²) in [6, 6.07) is 14.7. The molecule has 0 aliphatic rings. The maximum Gasteiger partial charge on any atom is 0.237 e. The maximum atomic E-state index is 12.4. The topological polar surface area (TPSA) is 96.5 Å². The lowest BCUT2D eigenvalue weighted by atomic mass is 10.2. The molecule has 2 aromatic heterocycles. The van der Waals surface area contributed by atoms with Crippen molar-refractivity contribution in [3.05, 3.63) is 66.2 Å². The van der Waals surface area contributed by atoms with E-state index in [0.717, 1.165) is 12.1 Å². The summed E-state index contributed by atoms with van der Waals surface area (Å²) in [6.07, 6.45) is 4.19. The van der Waals surface area contributed by atoms with Gasteiger partial charge in [0.05, 0.1) is 16.9 Å². The third-order valence-electron chi connectivity index (χ3n) is 3.83. The molecule has 0 aliphatic carbocycles. The van der Waals surface area contributed by atoms with Gasteiger partial charge in [0.15, 0.2) is 5.16 Å². The number of pyridine rings is 1. The van der Waals surface area contributed by atoms with E-state index in [-0.39, 0.29) is 11.2 Å². The number of anilines is 1. The molecule has 2 heterocycles. The largest absolute Gasteiger partial charge is 0.325 e. The monoisotopic (exact) mass is 378 g/mol. The van der Waals surface area contributed by atoms with Gasteiger partial charge in [-0.25, -0.2) is 0 Å². The minimum absolute atomic E-state index is 0.158. The van der Waals surface area contributed by atoms with E-state index < -0.39 is 0 Å². The number of benzene rings is 1. The number of amides is 1. The van der Waals surface area contributed by atoms with Crippen LogP contribution in [0.3, 0.4) is 0 Å². The zero-order chi connectivity index (χ0) is 19.1. The van der Waals surface area contributed by atoms with Crippen molar-refractivity contribution >= 4 is 23.4 Å². The summed E-state index contributed by atoms with van der Waals surface area (Å²) in [5.74, 6) is -0.158. The second-order valence-electron chi connectivity index (χ2n) is 5.82. The first-order valence-corrected chi connectivity index (χ1v) is 9.29. The van der Waals surface area contributed by atoms with Gasteiger partial charge in [0.2, 0.25) is 5.91 Å². The standard InChI is InChI=1S/C19H18N6OS/c1-14(18(26)23-17-7-4-5-15(11-17)12-20)27-19-24-22-13-25(19)10-8-16-6-2-3-9-21-16/h2-7,9,11,13-14H,8,10H2,1H3,(H,23,26). The van der Waals surface area contributed by atoms with Crippen molar-refractivity contribution in [2.45, 2.75) is 30.3 Å². The molecule has 0 saturated heterocycles. The Labute approximate surface area is 161 Å². The number of nitriles is 1. The highest BCUT2D eigenvalue weighted by atomic mass is 32.2. The van der Waals surface area contributed by atoms with Gasteiger partial charge in [-0.05, 0) is 37.3 Å². The van der Waals surface area contributed by atoms with E-state index in [1.165, 1.54) is 11.8 Å². The Kier molecular flexibility index (Phi) is 6.18. The van der Waals surface area contributed by atoms with Crippen LogP contribution in [0.1, 0.15) is 18.2 Å². The van der Waals surface area contributed by atoms with Gasteiger partial charge in [-0.15, -0.1) is 10.2 Å². The number of rotatable bonds is 7. The van der Waals surface area contributed by atoms with Crippen LogP contribution < -0.4 is 5.32 Å². The van der Waals surface area contributed by atoms with Crippen LogP contribution in [-0.2, 0) is 17.8 Å². The summed E-state index contributed by atoms with van der Waals surface area (Å²) in [5, 5.41) is 20.2. The summed E-state index contributed by atoms with van der Waals surface area (Å²) in [5.41, 5.74) is 2.09. The molecule has 3 aromatic rings. The van der Waals surface area contributed by atoms with E-state index in [9.17, 15) is 4.79 Å². The number of nitrogens with one attached hydrogen (secondary N) is 1. The summed E-state index contributed by atoms with van der Waals surface area (Å²) in [4.78, 5) is 16.8. The Morgan fingerprint density at radius 3 is 3.00 bits per heavy atom. The average molecular weight is 378 g/mol. The SMILES string of the molecule is CC(Sc1nncn1CCc1ccccn1)C(=O)Nc1cccc(C#N)c1. The zero-order valence-corrected chi connectivity index (χ0v) is 15.6. The molecule has 0 bridgehead atoms. The highest BCUT2D eigenvalue weighted by Crippen LogP contribution is 2.22. The minimum Gasteiger partial charge on any atom is -0.325 e. The molecule has 7 nitrogen and oxygen atoms in total. The van der Waals surface area contributed by atoms with E-state index in [2.05, 4.69) is 26.6 Å². The van der Waals surface area contributed by atoms with Crippen LogP contribution in [0, 0.1) is 11.3 Å². The molecular formula is C19H18N6OS. The minimum atomic E-state index is -0.367. The lowest BCUT2D eigenvalue weighted by Gasteiger charge is -2.12. The van der Waals surface area contributed by atoms with Gasteiger partial charge in [0.1, 0.15) is 6.33 Å². The Morgan fingerprint density at radius 2 is 2.22 bits per heavy atom. The summed E-state index contributed by atoms with van der Waals surface area (Å²) in [6.45, 7) is 2.50. The molecule has 8 heteroatoms. The predicted molar refractivity (Wildman–Crippen MR) is 103 cm³/mol. The quantitative estimate of drug-likeness (QED) is 0.635. The molecule has 1 atom stereocenters. The number of nitrogens with zero attached hydrogens (tertiary/aromatic N) is 5. The first kappa shape index (κ1) is 18.6. The number of hydrogen-bond donors (Lipinski definition) is 1. The highest BCUT2D eigenvalue weighted by molar-refractivity contribution is 8.00. The van der Waals surface area contributed by atoms with E-state index in [1.807, 2.05) is 29.7 Å². The number of aromatic nitrogens is 4. The van der Waals surface area contributed by atoms with Crippen LogP contribution in [0.2, 0.25) is 0 Å². The van der Waals surface area contributed by atoms with Crippen LogP contribution in [0.5, 0.6) is 0 Å². The second kappa shape index (κ2) is 8.96. The number of thioether (sulfide) groups is 1. The van der Waals surface area contributed by atoms with Crippen LogP contribution in [0.25, 0.3) is 0 Å². The summed E-state index contributed by atoms with van der Waals surface area (Å²) < 4.78 is 1.92. The average Bonchev–Trinajstić information content (AvgIpc) is 3.14. The molecule has 1 aromatic carbocycles. The third kappa shape index (κ3) is 5.15. The molecule has 27 heavy (non-hydrogen) atoms. The van der Waals surface area contributed by atoms with Gasteiger partial charge < -0.3 is 9.88 Å². The lowest BCUT2D eigenvalue weighted by molar-refractivity contribution is -0.115. The van der Waals surface area contributed by atoms with Crippen molar-refractivity contribution in [2.75, 3.05) is 5.32 Å². The number of hydrogen-bond acceptors (Lipinski definition) is 6. The van der Waals surface area contributed by atoms with E-state index in [1.54, 1.807) is 36.8 Å². The van der Waals surface area contributed by atoms with Gasteiger partial charge in [0.25, 0.3) is 0 Å². The number of carbonyl (C=O) groups is 1. The summed E-state index contributed by atoms with van der Waals surface area (Å²) >= 11 is 1.34. The lowest BCUT2D eigenvalue weighted by Crippen LogP contribution is -2.23. The van der Waals surface area contributed by atoms with E-state index in [0.29, 0.717) is 23.0 Å².